The molecule has 0 spiro atoms. The van der Waals surface area contributed by atoms with E-state index in [1.807, 2.05) is 24.3 Å². The molecule has 1 atom stereocenters. The van der Waals surface area contributed by atoms with Crippen LogP contribution in [-0.4, -0.2) is 6.29 Å². The van der Waals surface area contributed by atoms with Crippen LogP contribution in [0.4, 0.5) is 0 Å². The molecule has 1 aliphatic carbocycles. The van der Waals surface area contributed by atoms with Gasteiger partial charge in [0.2, 0.25) is 0 Å². The van der Waals surface area contributed by atoms with Gasteiger partial charge in [-0.1, -0.05) is 42.6 Å². The molecular weight excluding hydrogens is 208 g/mol. The van der Waals surface area contributed by atoms with Gasteiger partial charge in [-0.2, -0.15) is 0 Å². The van der Waals surface area contributed by atoms with Crippen LogP contribution in [0.3, 0.4) is 0 Å². The molecule has 0 N–H and O–H groups in total. The third-order valence-electron chi connectivity index (χ3n) is 3.32. The number of hydrogen-bond donors (Lipinski definition) is 0. The summed E-state index contributed by atoms with van der Waals surface area (Å²) in [6.07, 6.45) is 5.89. The van der Waals surface area contributed by atoms with Crippen molar-refractivity contribution in [2.75, 3.05) is 0 Å². The Morgan fingerprint density at radius 2 is 1.93 bits per heavy atom. The highest BCUT2D eigenvalue weighted by Gasteiger charge is 2.27. The molecule has 0 bridgehead atoms. The van der Waals surface area contributed by atoms with Crippen molar-refractivity contribution < 1.29 is 4.79 Å². The van der Waals surface area contributed by atoms with Crippen LogP contribution in [0.5, 0.6) is 0 Å². The molecule has 0 heterocycles. The Bertz CT molecular complexity index is 342. The Hall–Kier alpha value is -0.820. The number of carbonyl (C=O) groups excluding carboxylic acids is 1. The second-order valence-electron chi connectivity index (χ2n) is 4.23. The van der Waals surface area contributed by atoms with Crippen molar-refractivity contribution in [3.63, 3.8) is 0 Å². The van der Waals surface area contributed by atoms with Crippen LogP contribution in [0.15, 0.2) is 24.3 Å². The molecule has 1 aromatic rings. The summed E-state index contributed by atoms with van der Waals surface area (Å²) in [7, 11) is 0. The van der Waals surface area contributed by atoms with Gasteiger partial charge in [0.25, 0.3) is 0 Å². The highest BCUT2D eigenvalue weighted by molar-refractivity contribution is 6.31. The SMILES string of the molecule is O=CC(c1ccccc1Cl)C1CCCC1. The van der Waals surface area contributed by atoms with E-state index in [1.165, 1.54) is 12.8 Å². The van der Waals surface area contributed by atoms with E-state index in [9.17, 15) is 4.79 Å². The molecule has 15 heavy (non-hydrogen) atoms. The summed E-state index contributed by atoms with van der Waals surface area (Å²) < 4.78 is 0. The average molecular weight is 223 g/mol. The third kappa shape index (κ3) is 2.23. The van der Waals surface area contributed by atoms with Crippen molar-refractivity contribution in [3.05, 3.63) is 34.9 Å². The van der Waals surface area contributed by atoms with Gasteiger partial charge < -0.3 is 4.79 Å². The Kier molecular flexibility index (Phi) is 3.42. The largest absolute Gasteiger partial charge is 0.303 e. The molecule has 1 aliphatic rings. The summed E-state index contributed by atoms with van der Waals surface area (Å²) in [6.45, 7) is 0. The smallest absolute Gasteiger partial charge is 0.127 e. The van der Waals surface area contributed by atoms with E-state index >= 15 is 0 Å². The van der Waals surface area contributed by atoms with Crippen LogP contribution < -0.4 is 0 Å². The number of carbonyl (C=O) groups is 1. The number of benzene rings is 1. The topological polar surface area (TPSA) is 17.1 Å². The first-order valence-corrected chi connectivity index (χ1v) is 5.90. The zero-order chi connectivity index (χ0) is 10.7. The Morgan fingerprint density at radius 1 is 1.27 bits per heavy atom. The molecule has 2 heteroatoms. The Labute approximate surface area is 95.4 Å². The van der Waals surface area contributed by atoms with Crippen molar-refractivity contribution in [2.45, 2.75) is 31.6 Å². The van der Waals surface area contributed by atoms with Crippen LogP contribution in [-0.2, 0) is 4.79 Å². The Morgan fingerprint density at radius 3 is 2.53 bits per heavy atom. The Balaban J connectivity index is 2.26. The predicted octanol–water partition coefficient (Wildman–Crippen LogP) is 3.81. The van der Waals surface area contributed by atoms with Crippen molar-refractivity contribution in [3.8, 4) is 0 Å². The first-order chi connectivity index (χ1) is 7.33. The molecule has 0 saturated heterocycles. The lowest BCUT2D eigenvalue weighted by atomic mass is 9.86. The summed E-state index contributed by atoms with van der Waals surface area (Å²) in [5.41, 5.74) is 1.00. The standard InChI is InChI=1S/C13H15ClO/c14-13-8-4-3-7-11(13)12(9-15)10-5-1-2-6-10/h3-4,7-10,12H,1-2,5-6H2. The number of aldehydes is 1. The van der Waals surface area contributed by atoms with Crippen molar-refractivity contribution in [1.82, 2.24) is 0 Å². The van der Waals surface area contributed by atoms with Crippen LogP contribution >= 0.6 is 11.6 Å². The maximum atomic E-state index is 11.2. The molecule has 0 radical (unpaired) electrons. The van der Waals surface area contributed by atoms with Gasteiger partial charge in [-0.25, -0.2) is 0 Å². The van der Waals surface area contributed by atoms with E-state index in [0.29, 0.717) is 5.92 Å². The van der Waals surface area contributed by atoms with Crippen LogP contribution in [0.25, 0.3) is 0 Å². The van der Waals surface area contributed by atoms with Gasteiger partial charge in [0, 0.05) is 10.9 Å². The first kappa shape index (κ1) is 10.7. The summed E-state index contributed by atoms with van der Waals surface area (Å²) in [4.78, 5) is 11.2. The van der Waals surface area contributed by atoms with E-state index in [4.69, 9.17) is 11.6 Å². The summed E-state index contributed by atoms with van der Waals surface area (Å²) in [5.74, 6) is 0.503. The van der Waals surface area contributed by atoms with Gasteiger partial charge in [0.05, 0.1) is 0 Å². The molecule has 2 rings (SSSR count). The second kappa shape index (κ2) is 4.80. The van der Waals surface area contributed by atoms with Gasteiger partial charge >= 0.3 is 0 Å². The monoisotopic (exact) mass is 222 g/mol. The van der Waals surface area contributed by atoms with E-state index in [0.717, 1.165) is 29.7 Å². The van der Waals surface area contributed by atoms with Crippen molar-refractivity contribution >= 4 is 17.9 Å². The molecule has 1 fully saturated rings. The van der Waals surface area contributed by atoms with Crippen molar-refractivity contribution in [2.24, 2.45) is 5.92 Å². The van der Waals surface area contributed by atoms with Crippen LogP contribution in [0.2, 0.25) is 5.02 Å². The normalized spacial score (nSPS) is 19.0. The quantitative estimate of drug-likeness (QED) is 0.711. The van der Waals surface area contributed by atoms with Crippen molar-refractivity contribution in [1.29, 1.82) is 0 Å². The van der Waals surface area contributed by atoms with Gasteiger partial charge in [-0.3, -0.25) is 0 Å². The maximum absolute atomic E-state index is 11.2. The zero-order valence-corrected chi connectivity index (χ0v) is 9.41. The minimum atomic E-state index is 0.00111. The maximum Gasteiger partial charge on any atom is 0.127 e. The van der Waals surface area contributed by atoms with Crippen LogP contribution in [0, 0.1) is 5.92 Å². The number of halogens is 1. The lowest BCUT2D eigenvalue weighted by Crippen LogP contribution is -2.11. The predicted molar refractivity (Wildman–Crippen MR) is 62.2 cm³/mol. The fraction of sp³-hybridized carbons (Fsp3) is 0.462. The lowest BCUT2D eigenvalue weighted by Gasteiger charge is -2.18. The fourth-order valence-corrected chi connectivity index (χ4v) is 2.76. The molecule has 1 saturated carbocycles. The van der Waals surface area contributed by atoms with Gasteiger partial charge in [0.1, 0.15) is 6.29 Å². The van der Waals surface area contributed by atoms with E-state index < -0.39 is 0 Å². The second-order valence-corrected chi connectivity index (χ2v) is 4.64. The fourth-order valence-electron chi connectivity index (χ4n) is 2.50. The van der Waals surface area contributed by atoms with E-state index in [2.05, 4.69) is 0 Å². The highest BCUT2D eigenvalue weighted by atomic mass is 35.5. The van der Waals surface area contributed by atoms with Crippen LogP contribution in [0.1, 0.15) is 37.2 Å². The molecule has 1 aromatic carbocycles. The molecule has 1 nitrogen and oxygen atoms in total. The zero-order valence-electron chi connectivity index (χ0n) is 8.66. The molecule has 80 valence electrons. The third-order valence-corrected chi connectivity index (χ3v) is 3.66. The number of rotatable bonds is 3. The molecule has 0 amide bonds. The van der Waals surface area contributed by atoms with Gasteiger partial charge in [0.15, 0.2) is 0 Å². The summed E-state index contributed by atoms with van der Waals surface area (Å²) >= 11 is 6.12. The average Bonchev–Trinajstić information content (AvgIpc) is 2.75. The van der Waals surface area contributed by atoms with Gasteiger partial charge in [-0.15, -0.1) is 0 Å². The molecule has 0 aromatic heterocycles. The molecular formula is C13H15ClO. The highest BCUT2D eigenvalue weighted by Crippen LogP contribution is 2.38. The molecule has 0 aliphatic heterocycles. The summed E-state index contributed by atoms with van der Waals surface area (Å²) in [5, 5.41) is 0.724. The number of hydrogen-bond acceptors (Lipinski definition) is 1. The minimum absolute atomic E-state index is 0.00111. The minimum Gasteiger partial charge on any atom is -0.303 e. The first-order valence-electron chi connectivity index (χ1n) is 5.52. The van der Waals surface area contributed by atoms with E-state index in [-0.39, 0.29) is 5.92 Å². The summed E-state index contributed by atoms with van der Waals surface area (Å²) in [6, 6.07) is 7.69. The van der Waals surface area contributed by atoms with E-state index in [1.54, 1.807) is 0 Å². The molecule has 1 unspecified atom stereocenters. The van der Waals surface area contributed by atoms with Gasteiger partial charge in [-0.05, 0) is 30.4 Å². The lowest BCUT2D eigenvalue weighted by molar-refractivity contribution is -0.110.